The predicted molar refractivity (Wildman–Crippen MR) is 74.4 cm³/mol. The van der Waals surface area contributed by atoms with Gasteiger partial charge in [0, 0.05) is 52.7 Å². The third-order valence-electron chi connectivity index (χ3n) is 3.21. The number of anilines is 1. The van der Waals surface area contributed by atoms with Gasteiger partial charge >= 0.3 is 0 Å². The topological polar surface area (TPSA) is 96.0 Å². The van der Waals surface area contributed by atoms with Gasteiger partial charge in [0.15, 0.2) is 0 Å². The second-order valence-corrected chi connectivity index (χ2v) is 4.70. The van der Waals surface area contributed by atoms with Gasteiger partial charge < -0.3 is 28.5 Å². The summed E-state index contributed by atoms with van der Waals surface area (Å²) in [5.41, 5.74) is 14.2. The maximum absolute atomic E-state index is 11.3. The first-order valence-corrected chi connectivity index (χ1v) is 5.68. The van der Waals surface area contributed by atoms with Crippen LogP contribution in [0.1, 0.15) is 11.1 Å². The van der Waals surface area contributed by atoms with E-state index in [9.17, 15) is 9.59 Å². The van der Waals surface area contributed by atoms with Crippen LogP contribution in [0.3, 0.4) is 0 Å². The summed E-state index contributed by atoms with van der Waals surface area (Å²) in [5, 5.41) is 2.66. The van der Waals surface area contributed by atoms with Crippen LogP contribution in [0.4, 0.5) is 5.69 Å². The molecule has 0 spiro atoms. The minimum atomic E-state index is -0.876. The van der Waals surface area contributed by atoms with Crippen molar-refractivity contribution in [1.29, 1.82) is 0 Å². The van der Waals surface area contributed by atoms with E-state index in [1.54, 1.807) is 6.07 Å². The molecule has 0 fully saturated rings. The molecule has 4 radical (unpaired) electrons. The van der Waals surface area contributed by atoms with E-state index in [0.29, 0.717) is 18.5 Å². The molecule has 0 aromatic heterocycles. The smallest absolute Gasteiger partial charge is 0.238 e. The van der Waals surface area contributed by atoms with Crippen molar-refractivity contribution in [3.05, 3.63) is 42.0 Å². The molecule has 1 unspecified atom stereocenters. The van der Waals surface area contributed by atoms with Crippen molar-refractivity contribution < 1.29 is 42.3 Å². The first-order valence-electron chi connectivity index (χ1n) is 5.68. The fraction of sp³-hybridized carbons (Fsp3) is 0.308. The monoisotopic (exact) mass is 345 g/mol. The van der Waals surface area contributed by atoms with Gasteiger partial charge in [0.25, 0.3) is 0 Å². The molecule has 1 atom stereocenters. The van der Waals surface area contributed by atoms with Crippen LogP contribution in [-0.4, -0.2) is 26.8 Å². The van der Waals surface area contributed by atoms with E-state index in [4.69, 9.17) is 11.5 Å². The Bertz CT molecular complexity index is 524. The SMILES string of the molecule is [B].[CH2-]C1(C([NH-])=O)Cc2ccc(NC(=O)CN)cc2C1.[Y]. The molecule has 0 heterocycles. The van der Waals surface area contributed by atoms with Gasteiger partial charge in [-0.15, -0.1) is 5.41 Å². The van der Waals surface area contributed by atoms with Crippen LogP contribution in [0.15, 0.2) is 18.2 Å². The molecule has 0 bridgehead atoms. The molecule has 5 nitrogen and oxygen atoms in total. The number of rotatable bonds is 3. The zero-order chi connectivity index (χ0) is 13.3. The Morgan fingerprint density at radius 1 is 1.35 bits per heavy atom. The number of nitrogens with two attached hydrogens (primary N) is 1. The largest absolute Gasteiger partial charge is 0.670 e. The standard InChI is InChI=1S/C13H16N3O2.B.Y/c1-13(12(15)18)5-8-2-3-10(4-9(8)6-13)16-11(17)7-14;;/h2-4H,1,5-7,14H2,(H3,15,16,17,18);;/q-1;;/p-1. The zero-order valence-corrected chi connectivity index (χ0v) is 13.9. The summed E-state index contributed by atoms with van der Waals surface area (Å²) in [6, 6.07) is 5.45. The Morgan fingerprint density at radius 2 is 1.95 bits per heavy atom. The van der Waals surface area contributed by atoms with E-state index in [0.717, 1.165) is 11.1 Å². The molecule has 0 saturated carbocycles. The van der Waals surface area contributed by atoms with Crippen molar-refractivity contribution in [2.45, 2.75) is 12.8 Å². The summed E-state index contributed by atoms with van der Waals surface area (Å²) in [6.45, 7) is 3.78. The molecule has 1 aliphatic carbocycles. The molecular formula is C13H15BN3O2Y-2. The molecule has 4 N–H and O–H groups in total. The Hall–Kier alpha value is -0.711. The van der Waals surface area contributed by atoms with E-state index < -0.39 is 11.3 Å². The minimum absolute atomic E-state index is 0. The normalized spacial score (nSPS) is 19.3. The van der Waals surface area contributed by atoms with Crippen molar-refractivity contribution in [3.63, 3.8) is 0 Å². The quantitative estimate of drug-likeness (QED) is 0.624. The van der Waals surface area contributed by atoms with E-state index in [-0.39, 0.29) is 53.6 Å². The van der Waals surface area contributed by atoms with Gasteiger partial charge in [-0.3, -0.25) is 4.79 Å². The number of hydrogen-bond acceptors (Lipinski definition) is 3. The summed E-state index contributed by atoms with van der Waals surface area (Å²) in [4.78, 5) is 22.4. The maximum Gasteiger partial charge on any atom is 0.238 e. The Balaban J connectivity index is 0.00000180. The minimum Gasteiger partial charge on any atom is -0.670 e. The Morgan fingerprint density at radius 3 is 2.50 bits per heavy atom. The van der Waals surface area contributed by atoms with Crippen LogP contribution < -0.4 is 11.1 Å². The third-order valence-corrected chi connectivity index (χ3v) is 3.21. The number of benzene rings is 1. The molecule has 0 aliphatic heterocycles. The molecule has 1 aliphatic rings. The summed E-state index contributed by atoms with van der Waals surface area (Å²) >= 11 is 0. The van der Waals surface area contributed by atoms with Gasteiger partial charge in [-0.05, 0) is 36.1 Å². The summed E-state index contributed by atoms with van der Waals surface area (Å²) < 4.78 is 0. The van der Waals surface area contributed by atoms with E-state index in [1.165, 1.54) is 0 Å². The fourth-order valence-electron chi connectivity index (χ4n) is 2.20. The van der Waals surface area contributed by atoms with Gasteiger partial charge in [-0.25, -0.2) is 0 Å². The number of nitrogens with one attached hydrogen (secondary N) is 2. The van der Waals surface area contributed by atoms with Crippen molar-refractivity contribution in [2.75, 3.05) is 11.9 Å². The molecule has 0 saturated heterocycles. The van der Waals surface area contributed by atoms with Crippen LogP contribution in [-0.2, 0) is 55.1 Å². The number of amides is 2. The second kappa shape index (κ2) is 7.34. The van der Waals surface area contributed by atoms with Crippen LogP contribution in [0, 0.1) is 12.3 Å². The van der Waals surface area contributed by atoms with Crippen LogP contribution >= 0.6 is 0 Å². The number of fused-ring (bicyclic) bond motifs is 1. The molecule has 102 valence electrons. The molecule has 1 aromatic rings. The summed E-state index contributed by atoms with van der Waals surface area (Å²) in [6.07, 6.45) is 0.923. The molecule has 2 rings (SSSR count). The third kappa shape index (κ3) is 3.90. The molecule has 7 heteroatoms. The van der Waals surface area contributed by atoms with E-state index in [1.807, 2.05) is 12.1 Å². The average Bonchev–Trinajstić information content (AvgIpc) is 2.66. The number of hydrogen-bond donors (Lipinski definition) is 2. The molecular weight excluding hydrogens is 330 g/mol. The number of carbonyl (C=O) groups is 2. The van der Waals surface area contributed by atoms with Gasteiger partial charge in [0.05, 0.1) is 6.54 Å². The van der Waals surface area contributed by atoms with Gasteiger partial charge in [0.2, 0.25) is 5.91 Å². The molecule has 1 aromatic carbocycles. The number of carbonyl (C=O) groups excluding carboxylic acids is 2. The maximum atomic E-state index is 11.3. The summed E-state index contributed by atoms with van der Waals surface area (Å²) in [7, 11) is 0. The van der Waals surface area contributed by atoms with Crippen molar-refractivity contribution >= 4 is 25.9 Å². The van der Waals surface area contributed by atoms with Crippen LogP contribution in [0.25, 0.3) is 5.73 Å². The zero-order valence-electron chi connectivity index (χ0n) is 11.1. The van der Waals surface area contributed by atoms with Crippen molar-refractivity contribution in [2.24, 2.45) is 11.1 Å². The predicted octanol–water partition coefficient (Wildman–Crippen LogP) is 0.698. The van der Waals surface area contributed by atoms with Crippen molar-refractivity contribution in [3.8, 4) is 0 Å². The van der Waals surface area contributed by atoms with Gasteiger partial charge in [-0.1, -0.05) is 6.07 Å². The van der Waals surface area contributed by atoms with Crippen molar-refractivity contribution in [1.82, 2.24) is 0 Å². The van der Waals surface area contributed by atoms with Crippen LogP contribution in [0.2, 0.25) is 0 Å². The van der Waals surface area contributed by atoms with E-state index in [2.05, 4.69) is 12.2 Å². The summed E-state index contributed by atoms with van der Waals surface area (Å²) in [5.74, 6) is -0.906. The Labute approximate surface area is 145 Å². The molecule has 2 amide bonds. The fourth-order valence-corrected chi connectivity index (χ4v) is 2.20. The van der Waals surface area contributed by atoms with Crippen LogP contribution in [0.5, 0.6) is 0 Å². The Kier molecular flexibility index (Phi) is 7.08. The second-order valence-electron chi connectivity index (χ2n) is 4.70. The van der Waals surface area contributed by atoms with Gasteiger partial charge in [0.1, 0.15) is 0 Å². The molecule has 20 heavy (non-hydrogen) atoms. The first-order chi connectivity index (χ1) is 8.44. The first kappa shape index (κ1) is 19.3. The van der Waals surface area contributed by atoms with E-state index >= 15 is 0 Å². The average molecular weight is 345 g/mol. The van der Waals surface area contributed by atoms with Gasteiger partial charge in [-0.2, -0.15) is 0 Å².